The predicted molar refractivity (Wildman–Crippen MR) is 98.5 cm³/mol. The largest absolute Gasteiger partial charge is 0.493 e. The number of allylic oxidation sites excluding steroid dienone is 1. The summed E-state index contributed by atoms with van der Waals surface area (Å²) in [7, 11) is 3.22. The SMILES string of the molecule is C=CCc1cc(C(=O)N2CCC3(CCNC3)CC2)cc(OC)c1OC. The lowest BCUT2D eigenvalue weighted by Crippen LogP contribution is -2.44. The van der Waals surface area contributed by atoms with Crippen LogP contribution in [0.2, 0.25) is 0 Å². The smallest absolute Gasteiger partial charge is 0.254 e. The minimum absolute atomic E-state index is 0.0760. The Morgan fingerprint density at radius 3 is 2.60 bits per heavy atom. The van der Waals surface area contributed by atoms with Gasteiger partial charge in [-0.05, 0) is 49.8 Å². The summed E-state index contributed by atoms with van der Waals surface area (Å²) in [6.45, 7) is 7.64. The van der Waals surface area contributed by atoms with E-state index in [9.17, 15) is 4.79 Å². The number of piperidine rings is 1. The Bertz CT molecular complexity index is 641. The molecule has 0 unspecified atom stereocenters. The number of rotatable bonds is 5. The zero-order valence-electron chi connectivity index (χ0n) is 15.3. The molecule has 1 spiro atoms. The third-order valence-corrected chi connectivity index (χ3v) is 5.61. The molecule has 5 nitrogen and oxygen atoms in total. The van der Waals surface area contributed by atoms with Crippen molar-refractivity contribution in [2.24, 2.45) is 5.41 Å². The zero-order chi connectivity index (χ0) is 17.9. The lowest BCUT2D eigenvalue weighted by molar-refractivity contribution is 0.0607. The van der Waals surface area contributed by atoms with Crippen molar-refractivity contribution in [2.45, 2.75) is 25.7 Å². The third kappa shape index (κ3) is 3.52. The number of nitrogens with one attached hydrogen (secondary N) is 1. The van der Waals surface area contributed by atoms with E-state index in [1.165, 1.54) is 6.42 Å². The quantitative estimate of drug-likeness (QED) is 0.835. The number of hydrogen-bond donors (Lipinski definition) is 1. The van der Waals surface area contributed by atoms with E-state index in [1.54, 1.807) is 20.3 Å². The molecule has 2 aliphatic heterocycles. The van der Waals surface area contributed by atoms with Crippen LogP contribution >= 0.6 is 0 Å². The Hall–Kier alpha value is -2.01. The van der Waals surface area contributed by atoms with E-state index in [-0.39, 0.29) is 5.91 Å². The van der Waals surface area contributed by atoms with Gasteiger partial charge in [0, 0.05) is 30.8 Å². The predicted octanol–water partition coefficient (Wildman–Crippen LogP) is 2.65. The van der Waals surface area contributed by atoms with E-state index in [0.29, 0.717) is 28.9 Å². The minimum atomic E-state index is 0.0760. The number of benzene rings is 1. The molecule has 0 radical (unpaired) electrons. The minimum Gasteiger partial charge on any atom is -0.493 e. The Morgan fingerprint density at radius 1 is 1.28 bits per heavy atom. The number of hydrogen-bond acceptors (Lipinski definition) is 4. The molecular weight excluding hydrogens is 316 g/mol. The van der Waals surface area contributed by atoms with Crippen molar-refractivity contribution in [1.82, 2.24) is 10.2 Å². The summed E-state index contributed by atoms with van der Waals surface area (Å²) in [4.78, 5) is 15.0. The van der Waals surface area contributed by atoms with Crippen LogP contribution < -0.4 is 14.8 Å². The van der Waals surface area contributed by atoms with Crippen molar-refractivity contribution in [3.05, 3.63) is 35.9 Å². The van der Waals surface area contributed by atoms with Crippen LogP contribution in [0.1, 0.15) is 35.2 Å². The molecule has 3 rings (SSSR count). The van der Waals surface area contributed by atoms with Crippen molar-refractivity contribution in [3.63, 3.8) is 0 Å². The van der Waals surface area contributed by atoms with Gasteiger partial charge in [-0.3, -0.25) is 4.79 Å². The maximum absolute atomic E-state index is 13.0. The van der Waals surface area contributed by atoms with Crippen LogP contribution in [0, 0.1) is 5.41 Å². The van der Waals surface area contributed by atoms with Gasteiger partial charge >= 0.3 is 0 Å². The second kappa shape index (κ2) is 7.48. The Kier molecular flexibility index (Phi) is 5.33. The van der Waals surface area contributed by atoms with Crippen LogP contribution in [-0.2, 0) is 6.42 Å². The fourth-order valence-electron chi connectivity index (χ4n) is 4.06. The molecule has 1 aromatic rings. The Morgan fingerprint density at radius 2 is 2.04 bits per heavy atom. The van der Waals surface area contributed by atoms with Crippen molar-refractivity contribution in [3.8, 4) is 11.5 Å². The van der Waals surface area contributed by atoms with Crippen LogP contribution in [0.25, 0.3) is 0 Å². The molecule has 0 aliphatic carbocycles. The molecular formula is C20H28N2O3. The molecule has 0 bridgehead atoms. The van der Waals surface area contributed by atoms with Crippen molar-refractivity contribution in [2.75, 3.05) is 40.4 Å². The zero-order valence-corrected chi connectivity index (χ0v) is 15.3. The molecule has 25 heavy (non-hydrogen) atoms. The standard InChI is InChI=1S/C20H28N2O3/c1-4-5-15-12-16(13-17(24-2)18(15)25-3)19(23)22-10-7-20(8-11-22)6-9-21-14-20/h4,12-13,21H,1,5-11,14H2,2-3H3. The number of amides is 1. The number of methoxy groups -OCH3 is 2. The average Bonchev–Trinajstić information content (AvgIpc) is 3.09. The summed E-state index contributed by atoms with van der Waals surface area (Å²) >= 11 is 0. The second-order valence-electron chi connectivity index (χ2n) is 7.08. The number of likely N-dealkylation sites (tertiary alicyclic amines) is 1. The first-order valence-corrected chi connectivity index (χ1v) is 8.98. The molecule has 1 aromatic carbocycles. The molecule has 2 aliphatic rings. The van der Waals surface area contributed by atoms with Gasteiger partial charge < -0.3 is 19.7 Å². The molecule has 0 aromatic heterocycles. The summed E-state index contributed by atoms with van der Waals surface area (Å²) < 4.78 is 10.9. The van der Waals surface area contributed by atoms with Gasteiger partial charge in [-0.2, -0.15) is 0 Å². The highest BCUT2D eigenvalue weighted by atomic mass is 16.5. The molecule has 0 atom stereocenters. The average molecular weight is 344 g/mol. The van der Waals surface area contributed by atoms with Crippen molar-refractivity contribution >= 4 is 5.91 Å². The highest BCUT2D eigenvalue weighted by Crippen LogP contribution is 2.38. The van der Waals surface area contributed by atoms with E-state index in [1.807, 2.05) is 17.0 Å². The van der Waals surface area contributed by atoms with Gasteiger partial charge in [0.2, 0.25) is 0 Å². The van der Waals surface area contributed by atoms with E-state index in [2.05, 4.69) is 11.9 Å². The number of ether oxygens (including phenoxy) is 2. The van der Waals surface area contributed by atoms with Crippen LogP contribution in [0.3, 0.4) is 0 Å². The van der Waals surface area contributed by atoms with Crippen molar-refractivity contribution < 1.29 is 14.3 Å². The van der Waals surface area contributed by atoms with Gasteiger partial charge in [-0.15, -0.1) is 6.58 Å². The summed E-state index contributed by atoms with van der Waals surface area (Å²) in [6.07, 6.45) is 5.84. The van der Waals surface area contributed by atoms with Gasteiger partial charge in [0.25, 0.3) is 5.91 Å². The van der Waals surface area contributed by atoms with E-state index < -0.39 is 0 Å². The summed E-state index contributed by atoms with van der Waals surface area (Å²) in [6, 6.07) is 3.70. The second-order valence-corrected chi connectivity index (χ2v) is 7.08. The summed E-state index contributed by atoms with van der Waals surface area (Å²) in [5.41, 5.74) is 1.99. The van der Waals surface area contributed by atoms with E-state index >= 15 is 0 Å². The van der Waals surface area contributed by atoms with Crippen LogP contribution in [0.5, 0.6) is 11.5 Å². The number of nitrogens with zero attached hydrogens (tertiary/aromatic N) is 1. The highest BCUT2D eigenvalue weighted by molar-refractivity contribution is 5.95. The molecule has 1 amide bonds. The van der Waals surface area contributed by atoms with Crippen LogP contribution in [0.4, 0.5) is 0 Å². The first-order valence-electron chi connectivity index (χ1n) is 8.98. The van der Waals surface area contributed by atoms with Gasteiger partial charge in [0.05, 0.1) is 14.2 Å². The van der Waals surface area contributed by atoms with Gasteiger partial charge in [0.15, 0.2) is 11.5 Å². The molecule has 136 valence electrons. The lowest BCUT2D eigenvalue weighted by Gasteiger charge is -2.39. The molecule has 1 N–H and O–H groups in total. The molecule has 2 saturated heterocycles. The monoisotopic (exact) mass is 344 g/mol. The highest BCUT2D eigenvalue weighted by Gasteiger charge is 2.38. The van der Waals surface area contributed by atoms with Gasteiger partial charge in [-0.1, -0.05) is 6.08 Å². The topological polar surface area (TPSA) is 50.8 Å². The van der Waals surface area contributed by atoms with E-state index in [0.717, 1.165) is 44.6 Å². The number of carbonyl (C=O) groups is 1. The van der Waals surface area contributed by atoms with Crippen molar-refractivity contribution in [1.29, 1.82) is 0 Å². The lowest BCUT2D eigenvalue weighted by atomic mass is 9.78. The Balaban J connectivity index is 1.79. The fourth-order valence-corrected chi connectivity index (χ4v) is 4.06. The Labute approximate surface area is 150 Å². The maximum Gasteiger partial charge on any atom is 0.254 e. The normalized spacial score (nSPS) is 19.0. The molecule has 2 fully saturated rings. The van der Waals surface area contributed by atoms with E-state index in [4.69, 9.17) is 9.47 Å². The third-order valence-electron chi connectivity index (χ3n) is 5.61. The van der Waals surface area contributed by atoms with Gasteiger partial charge in [-0.25, -0.2) is 0 Å². The van der Waals surface area contributed by atoms with Crippen LogP contribution in [0.15, 0.2) is 24.8 Å². The first-order chi connectivity index (χ1) is 12.1. The maximum atomic E-state index is 13.0. The molecule has 5 heteroatoms. The summed E-state index contributed by atoms with van der Waals surface area (Å²) in [5, 5.41) is 3.46. The first kappa shape index (κ1) is 17.8. The fraction of sp³-hybridized carbons (Fsp3) is 0.550. The number of carbonyl (C=O) groups excluding carboxylic acids is 1. The molecule has 2 heterocycles. The van der Waals surface area contributed by atoms with Gasteiger partial charge in [0.1, 0.15) is 0 Å². The molecule has 0 saturated carbocycles. The summed E-state index contributed by atoms with van der Waals surface area (Å²) in [5.74, 6) is 1.35. The van der Waals surface area contributed by atoms with Crippen LogP contribution in [-0.4, -0.2) is 51.2 Å².